The lowest BCUT2D eigenvalue weighted by Gasteiger charge is -2.25. The highest BCUT2D eigenvalue weighted by molar-refractivity contribution is 5.45. The van der Waals surface area contributed by atoms with E-state index in [2.05, 4.69) is 5.32 Å². The van der Waals surface area contributed by atoms with Crippen molar-refractivity contribution in [3.8, 4) is 0 Å². The van der Waals surface area contributed by atoms with E-state index in [0.717, 1.165) is 23.4 Å². The second-order valence-electron chi connectivity index (χ2n) is 5.88. The number of hydrogen-bond acceptors (Lipinski definition) is 3. The number of benzene rings is 2. The molecule has 130 valence electrons. The third-order valence-corrected chi connectivity index (χ3v) is 3.80. The molecule has 0 spiro atoms. The molecule has 2 aromatic carbocycles. The molecule has 0 amide bonds. The van der Waals surface area contributed by atoms with Crippen LogP contribution in [0.2, 0.25) is 0 Å². The Kier molecular flexibility index (Phi) is 5.51. The molecule has 3 N–H and O–H groups in total. The molecule has 0 heterocycles. The quantitative estimate of drug-likeness (QED) is 0.754. The Hall–Kier alpha value is -2.05. The fourth-order valence-electron chi connectivity index (χ4n) is 2.33. The zero-order valence-corrected chi connectivity index (χ0v) is 13.3. The third-order valence-electron chi connectivity index (χ3n) is 3.80. The van der Waals surface area contributed by atoms with Gasteiger partial charge in [0.25, 0.3) is 0 Å². The average molecular weight is 339 g/mol. The zero-order valence-electron chi connectivity index (χ0n) is 13.3. The highest BCUT2D eigenvalue weighted by Crippen LogP contribution is 2.32. The maximum absolute atomic E-state index is 12.8. The van der Waals surface area contributed by atoms with Crippen molar-refractivity contribution < 1.29 is 23.4 Å². The standard InChI is InChI=1S/C18H20F3NO2/c1-17(24,14-3-2-4-15(11-14)18(19,20)21)12-22-16-7-5-13(6-8-16)9-10-23/h2-8,11,22-24H,9-10,12H2,1H3. The molecule has 0 fully saturated rings. The lowest BCUT2D eigenvalue weighted by Crippen LogP contribution is -2.31. The van der Waals surface area contributed by atoms with Crippen LogP contribution in [0, 0.1) is 0 Å². The third kappa shape index (κ3) is 4.72. The predicted molar refractivity (Wildman–Crippen MR) is 86.7 cm³/mol. The number of anilines is 1. The maximum atomic E-state index is 12.8. The molecule has 0 aliphatic carbocycles. The molecular weight excluding hydrogens is 319 g/mol. The highest BCUT2D eigenvalue weighted by atomic mass is 19.4. The number of nitrogens with one attached hydrogen (secondary N) is 1. The van der Waals surface area contributed by atoms with Crippen molar-refractivity contribution in [1.29, 1.82) is 0 Å². The molecule has 2 aromatic rings. The summed E-state index contributed by atoms with van der Waals surface area (Å²) < 4.78 is 38.4. The van der Waals surface area contributed by atoms with Crippen LogP contribution in [0.5, 0.6) is 0 Å². The van der Waals surface area contributed by atoms with E-state index >= 15 is 0 Å². The summed E-state index contributed by atoms with van der Waals surface area (Å²) in [7, 11) is 0. The Morgan fingerprint density at radius 1 is 1.00 bits per heavy atom. The molecule has 0 aliphatic heterocycles. The predicted octanol–water partition coefficient (Wildman–Crippen LogP) is 3.56. The lowest BCUT2D eigenvalue weighted by atomic mass is 9.94. The van der Waals surface area contributed by atoms with Gasteiger partial charge in [0, 0.05) is 18.8 Å². The SMILES string of the molecule is CC(O)(CNc1ccc(CCO)cc1)c1cccc(C(F)(F)F)c1. The van der Waals surface area contributed by atoms with Crippen LogP contribution in [-0.4, -0.2) is 23.4 Å². The van der Waals surface area contributed by atoms with Gasteiger partial charge in [0.1, 0.15) is 5.60 Å². The first kappa shape index (κ1) is 18.3. The van der Waals surface area contributed by atoms with E-state index in [1.54, 1.807) is 12.1 Å². The Bertz CT molecular complexity index is 667. The van der Waals surface area contributed by atoms with Gasteiger partial charge in [-0.05, 0) is 48.7 Å². The van der Waals surface area contributed by atoms with Crippen LogP contribution in [0.25, 0.3) is 0 Å². The van der Waals surface area contributed by atoms with E-state index in [-0.39, 0.29) is 18.7 Å². The van der Waals surface area contributed by atoms with Crippen LogP contribution < -0.4 is 5.32 Å². The van der Waals surface area contributed by atoms with Gasteiger partial charge in [-0.15, -0.1) is 0 Å². The summed E-state index contributed by atoms with van der Waals surface area (Å²) in [6, 6.07) is 12.0. The first-order chi connectivity index (χ1) is 11.2. The highest BCUT2D eigenvalue weighted by Gasteiger charge is 2.32. The van der Waals surface area contributed by atoms with Crippen LogP contribution in [0.15, 0.2) is 48.5 Å². The molecule has 3 nitrogen and oxygen atoms in total. The van der Waals surface area contributed by atoms with Gasteiger partial charge in [-0.3, -0.25) is 0 Å². The van der Waals surface area contributed by atoms with Crippen molar-refractivity contribution >= 4 is 5.69 Å². The van der Waals surface area contributed by atoms with Gasteiger partial charge in [0.05, 0.1) is 5.56 Å². The summed E-state index contributed by atoms with van der Waals surface area (Å²) in [5.74, 6) is 0. The van der Waals surface area contributed by atoms with E-state index in [4.69, 9.17) is 5.11 Å². The van der Waals surface area contributed by atoms with Gasteiger partial charge in [0.15, 0.2) is 0 Å². The Morgan fingerprint density at radius 3 is 2.21 bits per heavy atom. The summed E-state index contributed by atoms with van der Waals surface area (Å²) in [6.07, 6.45) is -3.88. The molecule has 0 saturated carbocycles. The number of aliphatic hydroxyl groups excluding tert-OH is 1. The number of halogens is 3. The summed E-state index contributed by atoms with van der Waals surface area (Å²) in [5.41, 5.74) is -0.322. The van der Waals surface area contributed by atoms with E-state index in [1.165, 1.54) is 19.1 Å². The van der Waals surface area contributed by atoms with Crippen molar-refractivity contribution in [2.24, 2.45) is 0 Å². The first-order valence-electron chi connectivity index (χ1n) is 7.56. The second kappa shape index (κ2) is 7.23. The average Bonchev–Trinajstić information content (AvgIpc) is 2.54. The van der Waals surface area contributed by atoms with E-state index in [0.29, 0.717) is 6.42 Å². The number of hydrogen-bond donors (Lipinski definition) is 3. The largest absolute Gasteiger partial charge is 0.416 e. The Labute approximate surface area is 138 Å². The van der Waals surface area contributed by atoms with Gasteiger partial charge in [-0.25, -0.2) is 0 Å². The van der Waals surface area contributed by atoms with Gasteiger partial charge in [0.2, 0.25) is 0 Å². The second-order valence-corrected chi connectivity index (χ2v) is 5.88. The van der Waals surface area contributed by atoms with Crippen LogP contribution in [0.3, 0.4) is 0 Å². The lowest BCUT2D eigenvalue weighted by molar-refractivity contribution is -0.137. The fraction of sp³-hybridized carbons (Fsp3) is 0.333. The van der Waals surface area contributed by atoms with E-state index < -0.39 is 17.3 Å². The van der Waals surface area contributed by atoms with E-state index in [9.17, 15) is 18.3 Å². The van der Waals surface area contributed by atoms with Crippen LogP contribution in [0.1, 0.15) is 23.6 Å². The summed E-state index contributed by atoms with van der Waals surface area (Å²) >= 11 is 0. The van der Waals surface area contributed by atoms with Crippen molar-refractivity contribution in [3.63, 3.8) is 0 Å². The molecule has 0 radical (unpaired) electrons. The molecule has 0 aromatic heterocycles. The summed E-state index contributed by atoms with van der Waals surface area (Å²) in [5, 5.41) is 22.4. The molecule has 0 saturated heterocycles. The molecule has 1 atom stereocenters. The first-order valence-corrected chi connectivity index (χ1v) is 7.56. The Morgan fingerprint density at radius 2 is 1.62 bits per heavy atom. The topological polar surface area (TPSA) is 52.5 Å². The number of alkyl halides is 3. The van der Waals surface area contributed by atoms with Gasteiger partial charge in [-0.1, -0.05) is 24.3 Å². The Balaban J connectivity index is 2.08. The summed E-state index contributed by atoms with van der Waals surface area (Å²) in [6.45, 7) is 1.60. The number of rotatable bonds is 6. The minimum Gasteiger partial charge on any atom is -0.396 e. The molecule has 0 aliphatic rings. The minimum atomic E-state index is -4.44. The maximum Gasteiger partial charge on any atom is 0.416 e. The molecule has 1 unspecified atom stereocenters. The van der Waals surface area contributed by atoms with Crippen LogP contribution in [-0.2, 0) is 18.2 Å². The molecule has 6 heteroatoms. The minimum absolute atomic E-state index is 0.0632. The number of aliphatic hydroxyl groups is 2. The summed E-state index contributed by atoms with van der Waals surface area (Å²) in [4.78, 5) is 0. The van der Waals surface area contributed by atoms with Crippen molar-refractivity contribution in [1.82, 2.24) is 0 Å². The van der Waals surface area contributed by atoms with Gasteiger partial charge < -0.3 is 15.5 Å². The van der Waals surface area contributed by atoms with Crippen LogP contribution >= 0.6 is 0 Å². The van der Waals surface area contributed by atoms with Crippen molar-refractivity contribution in [2.45, 2.75) is 25.1 Å². The smallest absolute Gasteiger partial charge is 0.396 e. The van der Waals surface area contributed by atoms with E-state index in [1.807, 2.05) is 12.1 Å². The fourth-order valence-corrected chi connectivity index (χ4v) is 2.33. The van der Waals surface area contributed by atoms with Crippen molar-refractivity contribution in [2.75, 3.05) is 18.5 Å². The van der Waals surface area contributed by atoms with Crippen molar-refractivity contribution in [3.05, 3.63) is 65.2 Å². The van der Waals surface area contributed by atoms with Gasteiger partial charge >= 0.3 is 6.18 Å². The van der Waals surface area contributed by atoms with Crippen LogP contribution in [0.4, 0.5) is 18.9 Å². The monoisotopic (exact) mass is 339 g/mol. The van der Waals surface area contributed by atoms with Gasteiger partial charge in [-0.2, -0.15) is 13.2 Å². The molecule has 2 rings (SSSR count). The zero-order chi connectivity index (χ0) is 17.8. The molecule has 0 bridgehead atoms. The molecular formula is C18H20F3NO2. The normalized spacial score (nSPS) is 14.2. The molecule has 24 heavy (non-hydrogen) atoms.